The lowest BCUT2D eigenvalue weighted by Gasteiger charge is -2.27. The molecular weight excluding hydrogens is 386 g/mol. The number of hydrogen-bond acceptors (Lipinski definition) is 6. The molecule has 2 saturated heterocycles. The third-order valence-electron chi connectivity index (χ3n) is 6.29. The van der Waals surface area contributed by atoms with Gasteiger partial charge in [0.05, 0.1) is 37.2 Å². The summed E-state index contributed by atoms with van der Waals surface area (Å²) in [5.41, 5.74) is 1.01. The summed E-state index contributed by atoms with van der Waals surface area (Å²) >= 11 is 0. The maximum absolute atomic E-state index is 13.4. The largest absolute Gasteiger partial charge is 0.396 e. The van der Waals surface area contributed by atoms with Gasteiger partial charge in [0, 0.05) is 25.4 Å². The Bertz CT molecular complexity index is 987. The molecule has 0 saturated carbocycles. The Morgan fingerprint density at radius 3 is 2.83 bits per heavy atom. The summed E-state index contributed by atoms with van der Waals surface area (Å²) in [7, 11) is 1.70. The summed E-state index contributed by atoms with van der Waals surface area (Å²) in [5, 5.41) is 12.8. The Labute approximate surface area is 173 Å². The molecule has 1 aromatic heterocycles. The highest BCUT2D eigenvalue weighted by molar-refractivity contribution is 6.03. The van der Waals surface area contributed by atoms with Crippen molar-refractivity contribution in [1.29, 1.82) is 0 Å². The molecule has 0 unspecified atom stereocenters. The van der Waals surface area contributed by atoms with Crippen molar-refractivity contribution in [3.8, 4) is 0 Å². The van der Waals surface area contributed by atoms with Crippen molar-refractivity contribution in [3.63, 3.8) is 0 Å². The van der Waals surface area contributed by atoms with Gasteiger partial charge in [0.25, 0.3) is 0 Å². The molecular formula is C22H23N3O5. The minimum Gasteiger partial charge on any atom is -0.396 e. The molecule has 8 nitrogen and oxygen atoms in total. The molecule has 0 aliphatic carbocycles. The number of hydrogen-bond donors (Lipinski definition) is 1. The Hall–Kier alpha value is -2.97. The normalized spacial score (nSPS) is 28.9. The van der Waals surface area contributed by atoms with Crippen LogP contribution in [0.3, 0.4) is 0 Å². The molecule has 2 aromatic rings. The maximum Gasteiger partial charge on any atom is 0.234 e. The van der Waals surface area contributed by atoms with E-state index in [4.69, 9.17) is 14.4 Å². The van der Waals surface area contributed by atoms with Crippen LogP contribution < -0.4 is 4.90 Å². The Kier molecular flexibility index (Phi) is 4.48. The second kappa shape index (κ2) is 7.07. The summed E-state index contributed by atoms with van der Waals surface area (Å²) in [4.78, 5) is 29.9. The average Bonchev–Trinajstić information content (AvgIpc) is 3.51. The van der Waals surface area contributed by atoms with E-state index in [9.17, 15) is 9.59 Å². The summed E-state index contributed by atoms with van der Waals surface area (Å²) in [6.07, 6.45) is 5.57. The molecule has 1 aromatic carbocycles. The van der Waals surface area contributed by atoms with Crippen LogP contribution in [0, 0.1) is 11.8 Å². The van der Waals surface area contributed by atoms with Crippen molar-refractivity contribution < 1.29 is 24.0 Å². The SMILES string of the molecule is CN(Cc1ccno1)C(=O)[C@H]1[C@@H]2C=C[C@@]3(CN(c4ccc(CCO)cc4)C(=O)[C@H]13)O2. The molecule has 5 rings (SSSR count). The van der Waals surface area contributed by atoms with Gasteiger partial charge in [0.1, 0.15) is 5.60 Å². The van der Waals surface area contributed by atoms with Crippen LogP contribution in [0.5, 0.6) is 0 Å². The van der Waals surface area contributed by atoms with Crippen LogP contribution in [0.2, 0.25) is 0 Å². The summed E-state index contributed by atoms with van der Waals surface area (Å²) in [5.74, 6) is -0.754. The van der Waals surface area contributed by atoms with E-state index in [2.05, 4.69) is 5.16 Å². The van der Waals surface area contributed by atoms with E-state index in [-0.39, 0.29) is 25.0 Å². The van der Waals surface area contributed by atoms with Crippen molar-refractivity contribution >= 4 is 17.5 Å². The van der Waals surface area contributed by atoms with Crippen LogP contribution in [-0.2, 0) is 27.3 Å². The lowest BCUT2D eigenvalue weighted by molar-refractivity contribution is -0.139. The van der Waals surface area contributed by atoms with Crippen molar-refractivity contribution in [2.45, 2.75) is 24.7 Å². The van der Waals surface area contributed by atoms with Gasteiger partial charge in [-0.3, -0.25) is 9.59 Å². The van der Waals surface area contributed by atoms with Gasteiger partial charge in [0.15, 0.2) is 5.76 Å². The van der Waals surface area contributed by atoms with Crippen LogP contribution in [0.4, 0.5) is 5.69 Å². The first kappa shape index (κ1) is 19.0. The molecule has 2 bridgehead atoms. The number of aliphatic hydroxyl groups is 1. The molecule has 1 N–H and O–H groups in total. The number of rotatable bonds is 6. The first-order chi connectivity index (χ1) is 14.5. The number of amides is 2. The fourth-order valence-electron chi connectivity index (χ4n) is 4.86. The van der Waals surface area contributed by atoms with Gasteiger partial charge in [-0.05, 0) is 24.1 Å². The molecule has 3 aliphatic heterocycles. The molecule has 4 heterocycles. The van der Waals surface area contributed by atoms with Gasteiger partial charge in [-0.25, -0.2) is 0 Å². The number of aromatic nitrogens is 1. The first-order valence-corrected chi connectivity index (χ1v) is 10.1. The zero-order valence-electron chi connectivity index (χ0n) is 16.6. The number of fused-ring (bicyclic) bond motifs is 1. The Morgan fingerprint density at radius 2 is 2.13 bits per heavy atom. The van der Waals surface area contributed by atoms with E-state index in [0.717, 1.165) is 11.3 Å². The van der Waals surface area contributed by atoms with Gasteiger partial charge >= 0.3 is 0 Å². The van der Waals surface area contributed by atoms with E-state index in [1.807, 2.05) is 36.4 Å². The molecule has 4 atom stereocenters. The third kappa shape index (κ3) is 2.86. The zero-order chi connectivity index (χ0) is 20.9. The molecule has 156 valence electrons. The topological polar surface area (TPSA) is 96.1 Å². The van der Waals surface area contributed by atoms with Crippen LogP contribution in [0.15, 0.2) is 53.2 Å². The van der Waals surface area contributed by atoms with Gasteiger partial charge in [-0.1, -0.05) is 29.4 Å². The van der Waals surface area contributed by atoms with Crippen LogP contribution in [-0.4, -0.2) is 58.9 Å². The lowest BCUT2D eigenvalue weighted by Crippen LogP contribution is -2.44. The molecule has 1 spiro atoms. The molecule has 2 amide bonds. The van der Waals surface area contributed by atoms with Gasteiger partial charge in [-0.2, -0.15) is 0 Å². The van der Waals surface area contributed by atoms with Crippen molar-refractivity contribution in [1.82, 2.24) is 10.1 Å². The lowest BCUT2D eigenvalue weighted by atomic mass is 9.76. The monoisotopic (exact) mass is 409 g/mol. The molecule has 2 fully saturated rings. The highest BCUT2D eigenvalue weighted by atomic mass is 16.5. The van der Waals surface area contributed by atoms with Gasteiger partial charge in [-0.15, -0.1) is 0 Å². The van der Waals surface area contributed by atoms with E-state index in [1.54, 1.807) is 22.9 Å². The van der Waals surface area contributed by atoms with Crippen molar-refractivity contribution in [2.24, 2.45) is 11.8 Å². The number of aliphatic hydroxyl groups excluding tert-OH is 1. The van der Waals surface area contributed by atoms with E-state index in [1.165, 1.54) is 6.20 Å². The van der Waals surface area contributed by atoms with Crippen LogP contribution in [0.1, 0.15) is 11.3 Å². The van der Waals surface area contributed by atoms with E-state index < -0.39 is 23.5 Å². The first-order valence-electron chi connectivity index (χ1n) is 10.1. The Morgan fingerprint density at radius 1 is 1.33 bits per heavy atom. The highest BCUT2D eigenvalue weighted by Gasteiger charge is 2.67. The van der Waals surface area contributed by atoms with Crippen LogP contribution in [0.25, 0.3) is 0 Å². The molecule has 3 aliphatic rings. The quantitative estimate of drug-likeness (QED) is 0.720. The maximum atomic E-state index is 13.4. The highest BCUT2D eigenvalue weighted by Crippen LogP contribution is 2.53. The predicted molar refractivity (Wildman–Crippen MR) is 106 cm³/mol. The minimum atomic E-state index is -0.765. The predicted octanol–water partition coefficient (Wildman–Crippen LogP) is 1.15. The smallest absolute Gasteiger partial charge is 0.234 e. The standard InChI is InChI=1S/C22H23N3O5/c1-24(12-16-7-10-23-30-16)20(27)18-17-6-9-22(29-17)13-25(21(28)19(18)22)15-4-2-14(3-5-15)8-11-26/h2-7,9-10,17-19,26H,8,11-13H2,1H3/t17-,18-,19-,22-/m0/s1. The second-order valence-corrected chi connectivity index (χ2v) is 8.14. The molecule has 8 heteroatoms. The molecule has 30 heavy (non-hydrogen) atoms. The molecule has 0 radical (unpaired) electrons. The summed E-state index contributed by atoms with van der Waals surface area (Å²) < 4.78 is 11.3. The van der Waals surface area contributed by atoms with Crippen LogP contribution >= 0.6 is 0 Å². The number of anilines is 1. The number of ether oxygens (including phenoxy) is 1. The van der Waals surface area contributed by atoms with Gasteiger partial charge < -0.3 is 24.2 Å². The van der Waals surface area contributed by atoms with Crippen molar-refractivity contribution in [2.75, 3.05) is 25.1 Å². The van der Waals surface area contributed by atoms with E-state index in [0.29, 0.717) is 18.7 Å². The zero-order valence-corrected chi connectivity index (χ0v) is 16.6. The number of benzene rings is 1. The van der Waals surface area contributed by atoms with Gasteiger partial charge in [0.2, 0.25) is 11.8 Å². The number of nitrogens with zero attached hydrogens (tertiary/aromatic N) is 3. The Balaban J connectivity index is 1.39. The average molecular weight is 409 g/mol. The second-order valence-electron chi connectivity index (χ2n) is 8.14. The summed E-state index contributed by atoms with van der Waals surface area (Å²) in [6.45, 7) is 0.757. The number of carbonyl (C=O) groups is 2. The fraction of sp³-hybridized carbons (Fsp3) is 0.409. The summed E-state index contributed by atoms with van der Waals surface area (Å²) in [6, 6.07) is 9.29. The minimum absolute atomic E-state index is 0.0819. The fourth-order valence-corrected chi connectivity index (χ4v) is 4.86. The van der Waals surface area contributed by atoms with Crippen molar-refractivity contribution in [3.05, 3.63) is 60.0 Å². The van der Waals surface area contributed by atoms with E-state index >= 15 is 0 Å². The number of carbonyl (C=O) groups excluding carboxylic acids is 2. The third-order valence-corrected chi connectivity index (χ3v) is 6.29.